The third-order valence-corrected chi connectivity index (χ3v) is 5.47. The number of aromatic nitrogens is 1. The number of carbonyl (C=O) groups excluding carboxylic acids is 2. The van der Waals surface area contributed by atoms with Gasteiger partial charge in [-0.15, -0.1) is 0 Å². The van der Waals surface area contributed by atoms with Gasteiger partial charge in [0.2, 0.25) is 0 Å². The Labute approximate surface area is 188 Å². The molecule has 1 aliphatic heterocycles. The Kier molecular flexibility index (Phi) is 5.95. The summed E-state index contributed by atoms with van der Waals surface area (Å²) in [6, 6.07) is 17.1. The van der Waals surface area contributed by atoms with Crippen LogP contribution < -0.4 is 15.0 Å². The maximum absolute atomic E-state index is 12.7. The van der Waals surface area contributed by atoms with Crippen LogP contribution in [0.25, 0.3) is 0 Å². The highest BCUT2D eigenvalue weighted by molar-refractivity contribution is 5.98. The van der Waals surface area contributed by atoms with Crippen LogP contribution in [-0.2, 0) is 23.3 Å². The predicted molar refractivity (Wildman–Crippen MR) is 124 cm³/mol. The molecule has 0 radical (unpaired) electrons. The van der Waals surface area contributed by atoms with E-state index in [9.17, 15) is 9.59 Å². The zero-order valence-electron chi connectivity index (χ0n) is 18.6. The summed E-state index contributed by atoms with van der Waals surface area (Å²) in [5.74, 6) is 0.428. The van der Waals surface area contributed by atoms with Crippen LogP contribution in [-0.4, -0.2) is 23.4 Å². The van der Waals surface area contributed by atoms with Gasteiger partial charge in [-0.05, 0) is 52.4 Å². The van der Waals surface area contributed by atoms with Gasteiger partial charge >= 0.3 is 0 Å². The summed E-state index contributed by atoms with van der Waals surface area (Å²) in [5, 5.41) is 2.92. The van der Waals surface area contributed by atoms with Gasteiger partial charge < -0.3 is 15.0 Å². The Hall–Kier alpha value is -3.67. The highest BCUT2D eigenvalue weighted by Gasteiger charge is 2.27. The molecule has 3 aromatic rings. The summed E-state index contributed by atoms with van der Waals surface area (Å²) in [6.07, 6.45) is 3.42. The zero-order chi connectivity index (χ0) is 22.7. The molecule has 0 atom stereocenters. The lowest BCUT2D eigenvalue weighted by Crippen LogP contribution is -2.38. The van der Waals surface area contributed by atoms with Crippen LogP contribution >= 0.6 is 0 Å². The van der Waals surface area contributed by atoms with E-state index in [1.807, 2.05) is 48.5 Å². The first-order chi connectivity index (χ1) is 15.3. The molecule has 0 fully saturated rings. The fourth-order valence-corrected chi connectivity index (χ4v) is 3.62. The summed E-state index contributed by atoms with van der Waals surface area (Å²) in [5.41, 5.74) is 4.20. The van der Waals surface area contributed by atoms with Crippen molar-refractivity contribution < 1.29 is 14.3 Å². The Morgan fingerprint density at radius 3 is 2.66 bits per heavy atom. The number of fused-ring (bicyclic) bond motifs is 1. The second kappa shape index (κ2) is 8.83. The molecule has 1 aliphatic rings. The number of amides is 2. The van der Waals surface area contributed by atoms with Gasteiger partial charge in [0.05, 0.1) is 12.2 Å². The van der Waals surface area contributed by atoms with Crippen molar-refractivity contribution in [1.82, 2.24) is 10.3 Å². The number of benzene rings is 2. The SMILES string of the molecule is CC(C)(C)c1ccc2c(c1)N(Cc1cccc(C(=O)NCc3cccnc3)c1)C(=O)CO2. The molecule has 164 valence electrons. The van der Waals surface area contributed by atoms with Crippen molar-refractivity contribution in [3.8, 4) is 5.75 Å². The number of ether oxygens (including phenoxy) is 1. The maximum atomic E-state index is 12.7. The number of hydrogen-bond acceptors (Lipinski definition) is 4. The second-order valence-electron chi connectivity index (χ2n) is 8.95. The van der Waals surface area contributed by atoms with E-state index in [1.54, 1.807) is 23.4 Å². The number of nitrogens with one attached hydrogen (secondary N) is 1. The van der Waals surface area contributed by atoms with Gasteiger partial charge in [-0.1, -0.05) is 45.0 Å². The molecule has 0 bridgehead atoms. The van der Waals surface area contributed by atoms with Crippen molar-refractivity contribution in [2.75, 3.05) is 11.5 Å². The molecule has 1 aromatic heterocycles. The number of rotatable bonds is 5. The fourth-order valence-electron chi connectivity index (χ4n) is 3.62. The molecule has 0 saturated heterocycles. The van der Waals surface area contributed by atoms with E-state index in [4.69, 9.17) is 4.74 Å². The number of anilines is 1. The monoisotopic (exact) mass is 429 g/mol. The summed E-state index contributed by atoms with van der Waals surface area (Å²) in [7, 11) is 0. The molecule has 4 rings (SSSR count). The molecule has 6 nitrogen and oxygen atoms in total. The average Bonchev–Trinajstić information content (AvgIpc) is 2.79. The standard InChI is InChI=1S/C26H27N3O3/c1-26(2,3)21-9-10-23-22(13-21)29(24(30)17-32-23)16-18-6-4-8-20(12-18)25(31)28-15-19-7-5-11-27-14-19/h4-14H,15-17H2,1-3H3,(H,28,31). The highest BCUT2D eigenvalue weighted by atomic mass is 16.5. The molecule has 2 heterocycles. The first kappa shape index (κ1) is 21.6. The van der Waals surface area contributed by atoms with Crippen LogP contribution in [0, 0.1) is 0 Å². The van der Waals surface area contributed by atoms with Crippen LogP contribution in [0.3, 0.4) is 0 Å². The van der Waals surface area contributed by atoms with E-state index in [2.05, 4.69) is 31.1 Å². The predicted octanol–water partition coefficient (Wildman–Crippen LogP) is 4.23. The van der Waals surface area contributed by atoms with Gasteiger partial charge in [-0.2, -0.15) is 0 Å². The molecule has 0 unspecified atom stereocenters. The minimum Gasteiger partial charge on any atom is -0.482 e. The van der Waals surface area contributed by atoms with E-state index in [1.165, 1.54) is 0 Å². The molecule has 0 aliphatic carbocycles. The van der Waals surface area contributed by atoms with E-state index >= 15 is 0 Å². The smallest absolute Gasteiger partial charge is 0.265 e. The quantitative estimate of drug-likeness (QED) is 0.659. The first-order valence-corrected chi connectivity index (χ1v) is 10.6. The van der Waals surface area contributed by atoms with Gasteiger partial charge in [-0.3, -0.25) is 14.6 Å². The number of carbonyl (C=O) groups is 2. The normalized spacial score (nSPS) is 13.3. The van der Waals surface area contributed by atoms with Crippen LogP contribution in [0.5, 0.6) is 5.75 Å². The van der Waals surface area contributed by atoms with Gasteiger partial charge in [0, 0.05) is 24.5 Å². The van der Waals surface area contributed by atoms with Crippen molar-refractivity contribution >= 4 is 17.5 Å². The lowest BCUT2D eigenvalue weighted by Gasteiger charge is -2.31. The molecule has 1 N–H and O–H groups in total. The number of nitrogens with zero attached hydrogens (tertiary/aromatic N) is 2. The van der Waals surface area contributed by atoms with E-state index < -0.39 is 0 Å². The Morgan fingerprint density at radius 1 is 1.09 bits per heavy atom. The van der Waals surface area contributed by atoms with Crippen molar-refractivity contribution in [3.63, 3.8) is 0 Å². The second-order valence-corrected chi connectivity index (χ2v) is 8.95. The van der Waals surface area contributed by atoms with Gasteiger partial charge in [0.25, 0.3) is 11.8 Å². The minimum absolute atomic E-state index is 0.00710. The highest BCUT2D eigenvalue weighted by Crippen LogP contribution is 2.37. The van der Waals surface area contributed by atoms with Crippen LogP contribution in [0.4, 0.5) is 5.69 Å². The van der Waals surface area contributed by atoms with Crippen molar-refractivity contribution in [2.24, 2.45) is 0 Å². The van der Waals surface area contributed by atoms with Crippen LogP contribution in [0.1, 0.15) is 47.8 Å². The molecule has 2 amide bonds. The molecule has 6 heteroatoms. The summed E-state index contributed by atoms with van der Waals surface area (Å²) >= 11 is 0. The largest absolute Gasteiger partial charge is 0.482 e. The van der Waals surface area contributed by atoms with E-state index in [0.717, 1.165) is 22.4 Å². The van der Waals surface area contributed by atoms with E-state index in [-0.39, 0.29) is 23.8 Å². The Balaban J connectivity index is 1.53. The van der Waals surface area contributed by atoms with Crippen molar-refractivity contribution in [1.29, 1.82) is 0 Å². The molecular weight excluding hydrogens is 402 g/mol. The summed E-state index contributed by atoms with van der Waals surface area (Å²) in [4.78, 5) is 31.2. The maximum Gasteiger partial charge on any atom is 0.265 e. The lowest BCUT2D eigenvalue weighted by molar-refractivity contribution is -0.121. The Bertz CT molecular complexity index is 1140. The Morgan fingerprint density at radius 2 is 1.91 bits per heavy atom. The topological polar surface area (TPSA) is 71.5 Å². The number of hydrogen-bond donors (Lipinski definition) is 1. The third-order valence-electron chi connectivity index (χ3n) is 5.47. The minimum atomic E-state index is -0.167. The molecule has 2 aromatic carbocycles. The number of pyridine rings is 1. The van der Waals surface area contributed by atoms with Gasteiger partial charge in [-0.25, -0.2) is 0 Å². The zero-order valence-corrected chi connectivity index (χ0v) is 18.6. The fraction of sp³-hybridized carbons (Fsp3) is 0.269. The third kappa shape index (κ3) is 4.80. The molecule has 32 heavy (non-hydrogen) atoms. The van der Waals surface area contributed by atoms with Crippen molar-refractivity contribution in [2.45, 2.75) is 39.3 Å². The van der Waals surface area contributed by atoms with Gasteiger partial charge in [0.15, 0.2) is 6.61 Å². The van der Waals surface area contributed by atoms with Crippen LogP contribution in [0.15, 0.2) is 67.0 Å². The molecule has 0 saturated carbocycles. The summed E-state index contributed by atoms with van der Waals surface area (Å²) < 4.78 is 5.65. The average molecular weight is 430 g/mol. The molecular formula is C26H27N3O3. The van der Waals surface area contributed by atoms with Gasteiger partial charge in [0.1, 0.15) is 5.75 Å². The molecule has 0 spiro atoms. The van der Waals surface area contributed by atoms with E-state index in [0.29, 0.717) is 24.4 Å². The first-order valence-electron chi connectivity index (χ1n) is 10.6. The van der Waals surface area contributed by atoms with Crippen molar-refractivity contribution in [3.05, 3.63) is 89.2 Å². The summed E-state index contributed by atoms with van der Waals surface area (Å²) in [6.45, 7) is 7.19. The lowest BCUT2D eigenvalue weighted by atomic mass is 9.86. The van der Waals surface area contributed by atoms with Crippen LogP contribution in [0.2, 0.25) is 0 Å².